The first-order chi connectivity index (χ1) is 9.09. The number of carboxylic acid groups (broad SMARTS) is 1. The Morgan fingerprint density at radius 3 is 2.40 bits per heavy atom. The molecular formula is C12H19F3N2O3. The van der Waals surface area contributed by atoms with Gasteiger partial charge in [-0.3, -0.25) is 10.1 Å². The van der Waals surface area contributed by atoms with Crippen LogP contribution in [0.2, 0.25) is 0 Å². The number of likely N-dealkylation sites (tertiary alicyclic amines) is 1. The van der Waals surface area contributed by atoms with Crippen LogP contribution in [0.3, 0.4) is 0 Å². The van der Waals surface area contributed by atoms with E-state index in [1.807, 2.05) is 12.2 Å². The van der Waals surface area contributed by atoms with Crippen LogP contribution < -0.4 is 5.32 Å². The van der Waals surface area contributed by atoms with Crippen molar-refractivity contribution >= 4 is 11.9 Å². The fraction of sp³-hybridized carbons (Fsp3) is 0.833. The van der Waals surface area contributed by atoms with Crippen LogP contribution in [0, 0.1) is 0 Å². The van der Waals surface area contributed by atoms with Gasteiger partial charge in [-0.1, -0.05) is 0 Å². The van der Waals surface area contributed by atoms with E-state index in [1.54, 1.807) is 0 Å². The van der Waals surface area contributed by atoms with Crippen molar-refractivity contribution in [1.29, 1.82) is 0 Å². The SMILES string of the molecule is CC1CCCCN1C(=O)CNC(C)(C(=O)O)C(F)(F)F. The minimum absolute atomic E-state index is 0.0278. The van der Waals surface area contributed by atoms with Gasteiger partial charge in [0.25, 0.3) is 0 Å². The summed E-state index contributed by atoms with van der Waals surface area (Å²) in [5, 5.41) is 10.6. The Labute approximate surface area is 115 Å². The standard InChI is InChI=1S/C12H19F3N2O3/c1-8-5-3-4-6-17(8)9(18)7-16-11(2,10(19)20)12(13,14)15/h8,16H,3-7H2,1-2H3,(H,19,20). The van der Waals surface area contributed by atoms with Gasteiger partial charge in [-0.05, 0) is 33.1 Å². The van der Waals surface area contributed by atoms with Crippen LogP contribution in [0.5, 0.6) is 0 Å². The van der Waals surface area contributed by atoms with Gasteiger partial charge in [0.1, 0.15) is 0 Å². The second-order valence-corrected chi connectivity index (χ2v) is 5.21. The number of alkyl halides is 3. The minimum atomic E-state index is -4.98. The molecule has 2 unspecified atom stereocenters. The average Bonchev–Trinajstić information content (AvgIpc) is 2.34. The molecule has 0 aromatic rings. The van der Waals surface area contributed by atoms with Gasteiger partial charge in [-0.2, -0.15) is 13.2 Å². The molecule has 0 bridgehead atoms. The minimum Gasteiger partial charge on any atom is -0.480 e. The third-order valence-electron chi connectivity index (χ3n) is 3.71. The highest BCUT2D eigenvalue weighted by atomic mass is 19.4. The maximum Gasteiger partial charge on any atom is 0.417 e. The molecule has 0 aromatic heterocycles. The molecule has 0 aliphatic carbocycles. The van der Waals surface area contributed by atoms with E-state index in [0.29, 0.717) is 13.5 Å². The lowest BCUT2D eigenvalue weighted by Gasteiger charge is -2.35. The van der Waals surface area contributed by atoms with Crippen LogP contribution in [0.25, 0.3) is 0 Å². The molecule has 1 fully saturated rings. The number of halogens is 3. The first-order valence-electron chi connectivity index (χ1n) is 6.44. The topological polar surface area (TPSA) is 69.6 Å². The van der Waals surface area contributed by atoms with Crippen molar-refractivity contribution in [3.8, 4) is 0 Å². The highest BCUT2D eigenvalue weighted by Gasteiger charge is 2.57. The number of hydrogen-bond donors (Lipinski definition) is 2. The van der Waals surface area contributed by atoms with Gasteiger partial charge in [-0.25, -0.2) is 4.79 Å². The lowest BCUT2D eigenvalue weighted by molar-refractivity contribution is -0.205. The van der Waals surface area contributed by atoms with E-state index in [-0.39, 0.29) is 6.04 Å². The van der Waals surface area contributed by atoms with Crippen LogP contribution in [0.15, 0.2) is 0 Å². The lowest BCUT2D eigenvalue weighted by Crippen LogP contribution is -2.62. The third kappa shape index (κ3) is 3.41. The molecule has 1 rings (SSSR count). The quantitative estimate of drug-likeness (QED) is 0.822. The number of carboxylic acids is 1. The third-order valence-corrected chi connectivity index (χ3v) is 3.71. The molecule has 116 valence electrons. The van der Waals surface area contributed by atoms with Crippen molar-refractivity contribution in [2.45, 2.75) is 50.9 Å². The van der Waals surface area contributed by atoms with Crippen molar-refractivity contribution in [2.24, 2.45) is 0 Å². The van der Waals surface area contributed by atoms with Gasteiger partial charge in [0, 0.05) is 12.6 Å². The number of rotatable bonds is 4. The van der Waals surface area contributed by atoms with Gasteiger partial charge in [0.05, 0.1) is 6.54 Å². The Morgan fingerprint density at radius 2 is 1.95 bits per heavy atom. The Balaban J connectivity index is 2.69. The zero-order chi connectivity index (χ0) is 15.6. The number of hydrogen-bond acceptors (Lipinski definition) is 3. The Kier molecular flexibility index (Phi) is 5.01. The van der Waals surface area contributed by atoms with Gasteiger partial charge in [0.15, 0.2) is 0 Å². The summed E-state index contributed by atoms with van der Waals surface area (Å²) in [5.74, 6) is -2.56. The number of nitrogens with zero attached hydrogens (tertiary/aromatic N) is 1. The van der Waals surface area contributed by atoms with Crippen molar-refractivity contribution < 1.29 is 27.9 Å². The van der Waals surface area contributed by atoms with E-state index in [4.69, 9.17) is 5.11 Å². The molecule has 20 heavy (non-hydrogen) atoms. The van der Waals surface area contributed by atoms with Crippen LogP contribution >= 0.6 is 0 Å². The number of nitrogens with one attached hydrogen (secondary N) is 1. The summed E-state index contributed by atoms with van der Waals surface area (Å²) in [6, 6.07) is -0.0278. The van der Waals surface area contributed by atoms with Crippen LogP contribution in [0.4, 0.5) is 13.2 Å². The fourth-order valence-electron chi connectivity index (χ4n) is 2.12. The zero-order valence-electron chi connectivity index (χ0n) is 11.5. The predicted octanol–water partition coefficient (Wildman–Crippen LogP) is 1.38. The van der Waals surface area contributed by atoms with Crippen LogP contribution in [0.1, 0.15) is 33.1 Å². The number of carbonyl (C=O) groups is 2. The van der Waals surface area contributed by atoms with E-state index in [9.17, 15) is 22.8 Å². The maximum atomic E-state index is 12.8. The summed E-state index contributed by atoms with van der Waals surface area (Å²) in [6.07, 6.45) is -2.38. The molecule has 1 aliphatic heterocycles. The first kappa shape index (κ1) is 16.7. The number of aliphatic carboxylic acids is 1. The second-order valence-electron chi connectivity index (χ2n) is 5.21. The molecule has 1 heterocycles. The number of piperidine rings is 1. The highest BCUT2D eigenvalue weighted by molar-refractivity contribution is 5.82. The van der Waals surface area contributed by atoms with Crippen molar-refractivity contribution in [1.82, 2.24) is 10.2 Å². The van der Waals surface area contributed by atoms with Gasteiger partial charge >= 0.3 is 12.1 Å². The summed E-state index contributed by atoms with van der Waals surface area (Å²) in [6.45, 7) is 2.20. The molecule has 2 atom stereocenters. The number of carbonyl (C=O) groups excluding carboxylic acids is 1. The molecule has 0 saturated carbocycles. The van der Waals surface area contributed by atoms with Crippen LogP contribution in [-0.2, 0) is 9.59 Å². The summed E-state index contributed by atoms with van der Waals surface area (Å²) >= 11 is 0. The molecule has 1 aliphatic rings. The summed E-state index contributed by atoms with van der Waals surface area (Å²) < 4.78 is 38.3. The highest BCUT2D eigenvalue weighted by Crippen LogP contribution is 2.30. The lowest BCUT2D eigenvalue weighted by atomic mass is 10.0. The van der Waals surface area contributed by atoms with E-state index in [1.165, 1.54) is 4.90 Å². The average molecular weight is 296 g/mol. The molecule has 1 amide bonds. The molecule has 0 aromatic carbocycles. The van der Waals surface area contributed by atoms with E-state index in [2.05, 4.69) is 0 Å². The van der Waals surface area contributed by atoms with Crippen molar-refractivity contribution in [3.63, 3.8) is 0 Å². The molecule has 8 heteroatoms. The summed E-state index contributed by atoms with van der Waals surface area (Å²) in [4.78, 5) is 24.2. The van der Waals surface area contributed by atoms with Crippen LogP contribution in [-0.4, -0.2) is 52.7 Å². The molecule has 1 saturated heterocycles. The van der Waals surface area contributed by atoms with Gasteiger partial charge < -0.3 is 10.0 Å². The molecule has 0 spiro atoms. The maximum absolute atomic E-state index is 12.8. The van der Waals surface area contributed by atoms with E-state index in [0.717, 1.165) is 19.3 Å². The normalized spacial score (nSPS) is 23.2. The Bertz CT molecular complexity index is 387. The van der Waals surface area contributed by atoms with Gasteiger partial charge in [-0.15, -0.1) is 0 Å². The Morgan fingerprint density at radius 1 is 1.35 bits per heavy atom. The molecule has 2 N–H and O–H groups in total. The van der Waals surface area contributed by atoms with E-state index < -0.39 is 30.1 Å². The largest absolute Gasteiger partial charge is 0.480 e. The smallest absolute Gasteiger partial charge is 0.417 e. The summed E-state index contributed by atoms with van der Waals surface area (Å²) in [5.41, 5.74) is -3.12. The van der Waals surface area contributed by atoms with Crippen molar-refractivity contribution in [2.75, 3.05) is 13.1 Å². The fourth-order valence-corrected chi connectivity index (χ4v) is 2.12. The Hall–Kier alpha value is -1.31. The van der Waals surface area contributed by atoms with Gasteiger partial charge in [0.2, 0.25) is 11.4 Å². The molecule has 0 radical (unpaired) electrons. The number of amides is 1. The van der Waals surface area contributed by atoms with E-state index >= 15 is 0 Å². The monoisotopic (exact) mass is 296 g/mol. The molecular weight excluding hydrogens is 277 g/mol. The second kappa shape index (κ2) is 5.99. The first-order valence-corrected chi connectivity index (χ1v) is 6.44. The molecule has 5 nitrogen and oxygen atoms in total. The summed E-state index contributed by atoms with van der Waals surface area (Å²) in [7, 11) is 0. The predicted molar refractivity (Wildman–Crippen MR) is 65.1 cm³/mol. The zero-order valence-corrected chi connectivity index (χ0v) is 11.5. The van der Waals surface area contributed by atoms with Crippen molar-refractivity contribution in [3.05, 3.63) is 0 Å².